The number of aryl methyl sites for hydroxylation is 1. The number of fused-ring (bicyclic) bond motifs is 3. The van der Waals surface area contributed by atoms with Crippen LogP contribution >= 0.6 is 23.1 Å². The van der Waals surface area contributed by atoms with Gasteiger partial charge in [-0.2, -0.15) is 0 Å². The Morgan fingerprint density at radius 1 is 1.21 bits per heavy atom. The van der Waals surface area contributed by atoms with Crippen LogP contribution in [0.4, 0.5) is 5.69 Å². The molecule has 2 aromatic heterocycles. The number of carbonyl (C=O) groups excluding carboxylic acids is 3. The number of rotatable bonds is 7. The van der Waals surface area contributed by atoms with E-state index in [1.807, 2.05) is 6.92 Å². The molecule has 1 atom stereocenters. The molecule has 178 valence electrons. The molecule has 2 heterocycles. The Balaban J connectivity index is 1.57. The fourth-order valence-corrected chi connectivity index (χ4v) is 6.39. The lowest BCUT2D eigenvalue weighted by atomic mass is 9.89. The van der Waals surface area contributed by atoms with Gasteiger partial charge >= 0.3 is 0 Å². The molecule has 1 aliphatic rings. The van der Waals surface area contributed by atoms with Gasteiger partial charge in [0.05, 0.1) is 11.1 Å². The van der Waals surface area contributed by atoms with Crippen molar-refractivity contribution in [2.45, 2.75) is 44.8 Å². The molecule has 3 amide bonds. The third-order valence-electron chi connectivity index (χ3n) is 5.81. The van der Waals surface area contributed by atoms with E-state index in [4.69, 9.17) is 16.5 Å². The van der Waals surface area contributed by atoms with Gasteiger partial charge in [0.1, 0.15) is 4.83 Å². The molecule has 0 saturated carbocycles. The summed E-state index contributed by atoms with van der Waals surface area (Å²) in [5.41, 5.74) is 12.0. The number of thiophene rings is 1. The summed E-state index contributed by atoms with van der Waals surface area (Å²) in [6.07, 6.45) is 2.92. The van der Waals surface area contributed by atoms with Crippen molar-refractivity contribution in [2.24, 2.45) is 17.4 Å². The topological polar surface area (TPSA) is 150 Å². The summed E-state index contributed by atoms with van der Waals surface area (Å²) in [7, 11) is 0. The summed E-state index contributed by atoms with van der Waals surface area (Å²) in [5, 5.41) is 3.84. The van der Waals surface area contributed by atoms with Crippen LogP contribution in [-0.4, -0.2) is 33.0 Å². The van der Waals surface area contributed by atoms with E-state index in [9.17, 15) is 19.2 Å². The van der Waals surface area contributed by atoms with Crippen LogP contribution in [0.5, 0.6) is 0 Å². The molecule has 34 heavy (non-hydrogen) atoms. The van der Waals surface area contributed by atoms with Crippen LogP contribution in [0.25, 0.3) is 10.2 Å². The van der Waals surface area contributed by atoms with Crippen LogP contribution in [0.3, 0.4) is 0 Å². The largest absolute Gasteiger partial charge is 0.366 e. The maximum Gasteiger partial charge on any atom is 0.263 e. The zero-order valence-corrected chi connectivity index (χ0v) is 20.5. The first kappa shape index (κ1) is 24.0. The molecule has 1 aromatic carbocycles. The van der Waals surface area contributed by atoms with Gasteiger partial charge in [0.2, 0.25) is 17.7 Å². The van der Waals surface area contributed by atoms with Gasteiger partial charge in [-0.1, -0.05) is 18.7 Å². The molecule has 1 aliphatic carbocycles. The van der Waals surface area contributed by atoms with Crippen LogP contribution < -0.4 is 22.3 Å². The molecule has 3 aromatic rings. The fourth-order valence-electron chi connectivity index (χ4n) is 4.11. The van der Waals surface area contributed by atoms with Gasteiger partial charge in [-0.05, 0) is 55.9 Å². The van der Waals surface area contributed by atoms with E-state index in [1.54, 1.807) is 15.9 Å². The minimum Gasteiger partial charge on any atom is -0.366 e. The van der Waals surface area contributed by atoms with Gasteiger partial charge in [-0.25, -0.2) is 4.98 Å². The van der Waals surface area contributed by atoms with E-state index in [2.05, 4.69) is 12.2 Å². The molecular weight excluding hydrogens is 474 g/mol. The molecule has 0 radical (unpaired) electrons. The molecule has 0 spiro atoms. The Kier molecular flexibility index (Phi) is 6.76. The van der Waals surface area contributed by atoms with Crippen LogP contribution in [0.2, 0.25) is 0 Å². The quantitative estimate of drug-likeness (QED) is 0.336. The molecule has 0 aliphatic heterocycles. The van der Waals surface area contributed by atoms with Crippen LogP contribution in [0.15, 0.2) is 28.2 Å². The second-order valence-electron chi connectivity index (χ2n) is 8.34. The maximum absolute atomic E-state index is 13.3. The number of aromatic nitrogens is 2. The van der Waals surface area contributed by atoms with Crippen molar-refractivity contribution in [1.82, 2.24) is 9.55 Å². The Hall–Kier alpha value is -3.18. The Labute approximate surface area is 203 Å². The van der Waals surface area contributed by atoms with Crippen molar-refractivity contribution < 1.29 is 14.4 Å². The number of amides is 3. The lowest BCUT2D eigenvalue weighted by Crippen LogP contribution is -2.24. The first-order chi connectivity index (χ1) is 16.2. The van der Waals surface area contributed by atoms with E-state index in [-0.39, 0.29) is 28.1 Å². The van der Waals surface area contributed by atoms with E-state index in [1.165, 1.54) is 23.1 Å². The third-order valence-corrected chi connectivity index (χ3v) is 7.94. The van der Waals surface area contributed by atoms with Crippen molar-refractivity contribution in [3.8, 4) is 0 Å². The fraction of sp³-hybridized carbons (Fsp3) is 0.348. The van der Waals surface area contributed by atoms with Gasteiger partial charge in [-0.15, -0.1) is 11.3 Å². The smallest absolute Gasteiger partial charge is 0.263 e. The highest BCUT2D eigenvalue weighted by Crippen LogP contribution is 2.36. The van der Waals surface area contributed by atoms with Crippen molar-refractivity contribution in [3.63, 3.8) is 0 Å². The lowest BCUT2D eigenvalue weighted by molar-refractivity contribution is -0.113. The summed E-state index contributed by atoms with van der Waals surface area (Å²) < 4.78 is 1.60. The van der Waals surface area contributed by atoms with E-state index < -0.39 is 17.7 Å². The molecule has 1 unspecified atom stereocenters. The minimum atomic E-state index is -0.745. The highest BCUT2D eigenvalue weighted by atomic mass is 32.2. The lowest BCUT2D eigenvalue weighted by Gasteiger charge is -2.17. The van der Waals surface area contributed by atoms with Gasteiger partial charge < -0.3 is 16.8 Å². The Bertz CT molecular complexity index is 1350. The maximum atomic E-state index is 13.3. The zero-order chi connectivity index (χ0) is 24.6. The second kappa shape index (κ2) is 9.59. The van der Waals surface area contributed by atoms with Crippen LogP contribution in [-0.2, 0) is 24.2 Å². The molecule has 5 N–H and O–H groups in total. The number of nitrogens with two attached hydrogens (primary N) is 2. The molecule has 0 fully saturated rings. The monoisotopic (exact) mass is 499 g/mol. The number of primary amides is 2. The van der Waals surface area contributed by atoms with Crippen LogP contribution in [0.1, 0.15) is 51.4 Å². The number of anilines is 1. The van der Waals surface area contributed by atoms with Gasteiger partial charge in [0, 0.05) is 28.2 Å². The average molecular weight is 500 g/mol. The second-order valence-corrected chi connectivity index (χ2v) is 10.4. The molecule has 11 heteroatoms. The number of thioether (sulfide) groups is 1. The van der Waals surface area contributed by atoms with Crippen molar-refractivity contribution in [1.29, 1.82) is 0 Å². The molecule has 9 nitrogen and oxygen atoms in total. The minimum absolute atomic E-state index is 0.0211. The number of hydrogen-bond acceptors (Lipinski definition) is 7. The normalized spacial score (nSPS) is 15.2. The summed E-state index contributed by atoms with van der Waals surface area (Å²) in [6, 6.07) is 4.02. The predicted octanol–water partition coefficient (Wildman–Crippen LogP) is 2.53. The predicted molar refractivity (Wildman–Crippen MR) is 134 cm³/mol. The number of nitrogens with one attached hydrogen (secondary N) is 1. The highest BCUT2D eigenvalue weighted by Gasteiger charge is 2.24. The summed E-state index contributed by atoms with van der Waals surface area (Å²) >= 11 is 2.73. The number of hydrogen-bond donors (Lipinski definition) is 3. The van der Waals surface area contributed by atoms with E-state index >= 15 is 0 Å². The van der Waals surface area contributed by atoms with Crippen molar-refractivity contribution in [3.05, 3.63) is 50.1 Å². The van der Waals surface area contributed by atoms with Crippen molar-refractivity contribution >= 4 is 56.7 Å². The Morgan fingerprint density at radius 3 is 2.50 bits per heavy atom. The highest BCUT2D eigenvalue weighted by molar-refractivity contribution is 7.99. The molecule has 0 bridgehead atoms. The summed E-state index contributed by atoms with van der Waals surface area (Å²) in [6.45, 7) is 4.53. The summed E-state index contributed by atoms with van der Waals surface area (Å²) in [4.78, 5) is 55.6. The number of carbonyl (C=O) groups is 3. The molecular formula is C23H25N5O4S2. The van der Waals surface area contributed by atoms with Crippen molar-refractivity contribution in [2.75, 3.05) is 11.1 Å². The molecule has 0 saturated heterocycles. The van der Waals surface area contributed by atoms with Gasteiger partial charge in [0.15, 0.2) is 5.16 Å². The van der Waals surface area contributed by atoms with E-state index in [0.29, 0.717) is 23.0 Å². The number of nitrogens with zero attached hydrogens (tertiary/aromatic N) is 2. The van der Waals surface area contributed by atoms with E-state index in [0.717, 1.165) is 41.4 Å². The first-order valence-corrected chi connectivity index (χ1v) is 12.7. The Morgan fingerprint density at radius 2 is 1.88 bits per heavy atom. The number of benzene rings is 1. The van der Waals surface area contributed by atoms with Gasteiger partial charge in [0.25, 0.3) is 5.56 Å². The average Bonchev–Trinajstić information content (AvgIpc) is 3.14. The SMILES string of the molecule is CCn1c(SCC(=O)Nc2cc(C(N)=O)cc(C(N)=O)c2)nc2sc3c(c2c1=O)CCC(C)C3. The van der Waals surface area contributed by atoms with Gasteiger partial charge in [-0.3, -0.25) is 23.7 Å². The standard InChI is InChI=1S/C23H25N5O4S2/c1-3-28-22(32)18-15-5-4-11(2)6-16(15)34-21(18)27-23(28)33-10-17(29)26-14-8-12(19(24)30)7-13(9-14)20(25)31/h7-9,11H,3-6,10H2,1-2H3,(H2,24,30)(H2,25,31)(H,26,29). The first-order valence-electron chi connectivity index (χ1n) is 10.9. The summed E-state index contributed by atoms with van der Waals surface area (Å²) in [5.74, 6) is -1.31. The third kappa shape index (κ3) is 4.71. The molecule has 4 rings (SSSR count). The zero-order valence-electron chi connectivity index (χ0n) is 18.8. The van der Waals surface area contributed by atoms with Crippen LogP contribution in [0, 0.1) is 5.92 Å².